The van der Waals surface area contributed by atoms with Crippen LogP contribution in [0.25, 0.3) is 0 Å². The van der Waals surface area contributed by atoms with E-state index in [1.54, 1.807) is 7.05 Å². The quantitative estimate of drug-likeness (QED) is 0.633. The van der Waals surface area contributed by atoms with Crippen LogP contribution in [0.5, 0.6) is 0 Å². The van der Waals surface area contributed by atoms with Gasteiger partial charge in [0.2, 0.25) is 0 Å². The molecule has 24 heavy (non-hydrogen) atoms. The van der Waals surface area contributed by atoms with Crippen molar-refractivity contribution in [3.05, 3.63) is 53.3 Å². The van der Waals surface area contributed by atoms with Gasteiger partial charge in [-0.2, -0.15) is 5.10 Å². The molecule has 0 amide bonds. The lowest BCUT2D eigenvalue weighted by atomic mass is 10.1. The van der Waals surface area contributed by atoms with Crippen molar-refractivity contribution in [3.63, 3.8) is 0 Å². The molecule has 2 rings (SSSR count). The maximum Gasteiger partial charge on any atom is 0.191 e. The van der Waals surface area contributed by atoms with Gasteiger partial charge in [0.05, 0.1) is 11.7 Å². The summed E-state index contributed by atoms with van der Waals surface area (Å²) in [7, 11) is 1.80. The van der Waals surface area contributed by atoms with Crippen LogP contribution in [0.3, 0.4) is 0 Å². The molecule has 2 unspecified atom stereocenters. The van der Waals surface area contributed by atoms with E-state index in [0.29, 0.717) is 5.92 Å². The predicted octanol–water partition coefficient (Wildman–Crippen LogP) is 3.06. The van der Waals surface area contributed by atoms with E-state index in [0.717, 1.165) is 24.7 Å². The van der Waals surface area contributed by atoms with E-state index in [4.69, 9.17) is 0 Å². The molecule has 1 aromatic heterocycles. The topological polar surface area (TPSA) is 54.2 Å². The third kappa shape index (κ3) is 5.11. The Labute approximate surface area is 145 Å². The van der Waals surface area contributed by atoms with Crippen molar-refractivity contribution in [3.8, 4) is 0 Å². The number of aliphatic imine (C=N–C) groups is 1. The monoisotopic (exact) mass is 327 g/mol. The van der Waals surface area contributed by atoms with E-state index in [1.165, 1.54) is 11.3 Å². The van der Waals surface area contributed by atoms with Crippen LogP contribution in [-0.4, -0.2) is 29.3 Å². The van der Waals surface area contributed by atoms with Crippen LogP contribution in [0, 0.1) is 19.8 Å². The van der Waals surface area contributed by atoms with Crippen LogP contribution in [0.2, 0.25) is 0 Å². The highest BCUT2D eigenvalue weighted by molar-refractivity contribution is 5.80. The number of hydrogen-bond donors (Lipinski definition) is 2. The normalized spacial score (nSPS) is 14.3. The molecular formula is C19H29N5. The van der Waals surface area contributed by atoms with Gasteiger partial charge in [0.1, 0.15) is 0 Å². The second-order valence-electron chi connectivity index (χ2n) is 6.44. The Kier molecular flexibility index (Phi) is 6.41. The minimum absolute atomic E-state index is 0.212. The molecule has 0 aliphatic heterocycles. The fourth-order valence-corrected chi connectivity index (χ4v) is 2.72. The van der Waals surface area contributed by atoms with Crippen molar-refractivity contribution >= 4 is 5.96 Å². The standard InChI is InChI=1S/C19H29N5/c1-14(13-24-16(3)11-15(2)23-24)12-21-19(20-5)22-17(4)18-9-7-6-8-10-18/h6-11,14,17H,12-13H2,1-5H3,(H2,20,21,22). The van der Waals surface area contributed by atoms with Crippen LogP contribution >= 0.6 is 0 Å². The SMILES string of the molecule is CN=C(NCC(C)Cn1nc(C)cc1C)NC(C)c1ccccc1. The average molecular weight is 327 g/mol. The Bertz CT molecular complexity index is 660. The number of guanidine groups is 1. The summed E-state index contributed by atoms with van der Waals surface area (Å²) in [5, 5.41) is 11.4. The highest BCUT2D eigenvalue weighted by Crippen LogP contribution is 2.11. The molecule has 0 saturated carbocycles. The Hall–Kier alpha value is -2.30. The molecule has 0 aliphatic carbocycles. The third-order valence-corrected chi connectivity index (χ3v) is 4.08. The summed E-state index contributed by atoms with van der Waals surface area (Å²) >= 11 is 0. The van der Waals surface area contributed by atoms with Crippen LogP contribution in [0.1, 0.15) is 36.8 Å². The maximum absolute atomic E-state index is 4.53. The number of hydrogen-bond acceptors (Lipinski definition) is 2. The molecule has 2 atom stereocenters. The van der Waals surface area contributed by atoms with Gasteiger partial charge in [-0.25, -0.2) is 0 Å². The van der Waals surface area contributed by atoms with E-state index in [-0.39, 0.29) is 6.04 Å². The van der Waals surface area contributed by atoms with E-state index in [2.05, 4.69) is 76.5 Å². The first-order chi connectivity index (χ1) is 11.5. The van der Waals surface area contributed by atoms with Gasteiger partial charge in [0.15, 0.2) is 5.96 Å². The summed E-state index contributed by atoms with van der Waals surface area (Å²) in [5.41, 5.74) is 3.53. The summed E-state index contributed by atoms with van der Waals surface area (Å²) in [6, 6.07) is 12.7. The molecule has 0 fully saturated rings. The molecule has 0 radical (unpaired) electrons. The number of aryl methyl sites for hydroxylation is 2. The summed E-state index contributed by atoms with van der Waals surface area (Å²) in [6.45, 7) is 10.2. The minimum Gasteiger partial charge on any atom is -0.356 e. The van der Waals surface area contributed by atoms with Gasteiger partial charge in [-0.1, -0.05) is 37.3 Å². The highest BCUT2D eigenvalue weighted by atomic mass is 15.3. The van der Waals surface area contributed by atoms with Crippen LogP contribution < -0.4 is 10.6 Å². The summed E-state index contributed by atoms with van der Waals surface area (Å²) in [5.74, 6) is 1.28. The molecule has 2 N–H and O–H groups in total. The average Bonchev–Trinajstić information content (AvgIpc) is 2.89. The summed E-state index contributed by atoms with van der Waals surface area (Å²) in [4.78, 5) is 4.33. The van der Waals surface area contributed by atoms with Gasteiger partial charge >= 0.3 is 0 Å². The van der Waals surface area contributed by atoms with Crippen molar-refractivity contribution < 1.29 is 0 Å². The second kappa shape index (κ2) is 8.52. The van der Waals surface area contributed by atoms with Crippen LogP contribution in [0.4, 0.5) is 0 Å². The van der Waals surface area contributed by atoms with Gasteiger partial charge < -0.3 is 10.6 Å². The predicted molar refractivity (Wildman–Crippen MR) is 100 cm³/mol. The first kappa shape index (κ1) is 18.0. The van der Waals surface area contributed by atoms with Crippen molar-refractivity contribution in [1.82, 2.24) is 20.4 Å². The number of nitrogens with one attached hydrogen (secondary N) is 2. The molecule has 0 saturated heterocycles. The van der Waals surface area contributed by atoms with E-state index >= 15 is 0 Å². The molecule has 0 spiro atoms. The van der Waals surface area contributed by atoms with Crippen molar-refractivity contribution in [2.45, 2.75) is 40.3 Å². The second-order valence-corrected chi connectivity index (χ2v) is 6.44. The Morgan fingerprint density at radius 2 is 1.92 bits per heavy atom. The molecule has 2 aromatic rings. The molecule has 0 bridgehead atoms. The Morgan fingerprint density at radius 3 is 2.50 bits per heavy atom. The van der Waals surface area contributed by atoms with Gasteiger partial charge in [-0.3, -0.25) is 9.67 Å². The van der Waals surface area contributed by atoms with Gasteiger partial charge in [-0.15, -0.1) is 0 Å². The summed E-state index contributed by atoms with van der Waals surface area (Å²) < 4.78 is 2.07. The van der Waals surface area contributed by atoms with Gasteiger partial charge in [0.25, 0.3) is 0 Å². The zero-order valence-corrected chi connectivity index (χ0v) is 15.4. The largest absolute Gasteiger partial charge is 0.356 e. The van der Waals surface area contributed by atoms with Crippen molar-refractivity contribution in [1.29, 1.82) is 0 Å². The number of nitrogens with zero attached hydrogens (tertiary/aromatic N) is 3. The number of benzene rings is 1. The summed E-state index contributed by atoms with van der Waals surface area (Å²) in [6.07, 6.45) is 0. The molecule has 0 aliphatic rings. The lowest BCUT2D eigenvalue weighted by Crippen LogP contribution is -2.41. The van der Waals surface area contributed by atoms with E-state index < -0.39 is 0 Å². The maximum atomic E-state index is 4.53. The zero-order chi connectivity index (χ0) is 17.5. The highest BCUT2D eigenvalue weighted by Gasteiger charge is 2.10. The smallest absolute Gasteiger partial charge is 0.191 e. The van der Waals surface area contributed by atoms with Gasteiger partial charge in [-0.05, 0) is 38.3 Å². The van der Waals surface area contributed by atoms with Crippen molar-refractivity contribution in [2.24, 2.45) is 10.9 Å². The number of aromatic nitrogens is 2. The number of rotatable bonds is 6. The Morgan fingerprint density at radius 1 is 1.21 bits per heavy atom. The van der Waals surface area contributed by atoms with E-state index in [1.807, 2.05) is 13.0 Å². The third-order valence-electron chi connectivity index (χ3n) is 4.08. The molecule has 130 valence electrons. The van der Waals surface area contributed by atoms with Gasteiger partial charge in [0, 0.05) is 25.8 Å². The Balaban J connectivity index is 1.84. The van der Waals surface area contributed by atoms with Crippen LogP contribution in [0.15, 0.2) is 41.4 Å². The fourth-order valence-electron chi connectivity index (χ4n) is 2.72. The fraction of sp³-hybridized carbons (Fsp3) is 0.474. The first-order valence-corrected chi connectivity index (χ1v) is 8.52. The molecule has 5 nitrogen and oxygen atoms in total. The lowest BCUT2D eigenvalue weighted by Gasteiger charge is -2.20. The minimum atomic E-state index is 0.212. The van der Waals surface area contributed by atoms with Crippen LogP contribution in [-0.2, 0) is 6.54 Å². The first-order valence-electron chi connectivity index (χ1n) is 8.52. The molecule has 1 heterocycles. The molecule has 1 aromatic carbocycles. The van der Waals surface area contributed by atoms with E-state index in [9.17, 15) is 0 Å². The van der Waals surface area contributed by atoms with Crippen molar-refractivity contribution in [2.75, 3.05) is 13.6 Å². The zero-order valence-electron chi connectivity index (χ0n) is 15.4. The molecule has 5 heteroatoms. The lowest BCUT2D eigenvalue weighted by molar-refractivity contribution is 0.435. The molecular weight excluding hydrogens is 298 g/mol.